The topological polar surface area (TPSA) is 81.6 Å². The Morgan fingerprint density at radius 2 is 2.23 bits per heavy atom. The molecule has 3 aromatic rings. The molecule has 0 aliphatic rings. The minimum atomic E-state index is -0.151. The maximum Gasteiger partial charge on any atom is 0.251 e. The van der Waals surface area contributed by atoms with Gasteiger partial charge >= 0.3 is 0 Å². The van der Waals surface area contributed by atoms with Crippen LogP contribution >= 0.6 is 11.3 Å². The third kappa shape index (κ3) is 4.50. The van der Waals surface area contributed by atoms with E-state index >= 15 is 0 Å². The van der Waals surface area contributed by atoms with E-state index in [1.54, 1.807) is 17.4 Å². The lowest BCUT2D eigenvalue weighted by Gasteiger charge is -2.17. The number of thiophene rings is 1. The van der Waals surface area contributed by atoms with Crippen molar-refractivity contribution in [3.05, 3.63) is 52.0 Å². The van der Waals surface area contributed by atoms with Gasteiger partial charge in [0.2, 0.25) is 0 Å². The van der Waals surface area contributed by atoms with Gasteiger partial charge in [-0.2, -0.15) is 5.26 Å². The van der Waals surface area contributed by atoms with Gasteiger partial charge in [-0.05, 0) is 42.0 Å². The second-order valence-corrected chi connectivity index (χ2v) is 7.87. The van der Waals surface area contributed by atoms with Crippen molar-refractivity contribution in [1.82, 2.24) is 15.3 Å². The van der Waals surface area contributed by atoms with Gasteiger partial charge in [0.05, 0.1) is 23.5 Å². The molecule has 134 valence electrons. The summed E-state index contributed by atoms with van der Waals surface area (Å²) in [6, 6.07) is 11.6. The maximum atomic E-state index is 12.6. The number of nitriles is 1. The SMILES string of the molecule is CC(C)C[C@@H](CC#N)NC(=O)c1ccc2nc(Cc3cccs3)[nH]c2c1. The molecular formula is C20H22N4OS. The molecule has 0 unspecified atom stereocenters. The second kappa shape index (κ2) is 8.15. The standard InChI is InChI=1S/C20H22N4OS/c1-13(2)10-15(7-8-21)22-20(25)14-5-6-17-18(11-14)24-19(23-17)12-16-4-3-9-26-16/h3-6,9,11,13,15H,7,10,12H2,1-2H3,(H,22,25)(H,23,24)/t15-/m1/s1. The first kappa shape index (κ1) is 18.2. The highest BCUT2D eigenvalue weighted by atomic mass is 32.1. The van der Waals surface area contributed by atoms with Crippen molar-refractivity contribution in [2.24, 2.45) is 5.92 Å². The van der Waals surface area contributed by atoms with Crippen LogP contribution < -0.4 is 5.32 Å². The van der Waals surface area contributed by atoms with E-state index in [1.807, 2.05) is 18.2 Å². The van der Waals surface area contributed by atoms with Crippen molar-refractivity contribution in [2.75, 3.05) is 0 Å². The summed E-state index contributed by atoms with van der Waals surface area (Å²) < 4.78 is 0. The van der Waals surface area contributed by atoms with E-state index < -0.39 is 0 Å². The number of nitrogens with one attached hydrogen (secondary N) is 2. The number of carbonyl (C=O) groups is 1. The molecule has 5 nitrogen and oxygen atoms in total. The predicted molar refractivity (Wildman–Crippen MR) is 104 cm³/mol. The Balaban J connectivity index is 1.75. The molecule has 6 heteroatoms. The van der Waals surface area contributed by atoms with Crippen LogP contribution in [0.25, 0.3) is 11.0 Å². The molecule has 2 N–H and O–H groups in total. The van der Waals surface area contributed by atoms with Crippen LogP contribution in [0.4, 0.5) is 0 Å². The maximum absolute atomic E-state index is 12.6. The lowest BCUT2D eigenvalue weighted by molar-refractivity contribution is 0.0933. The summed E-state index contributed by atoms with van der Waals surface area (Å²) >= 11 is 1.70. The van der Waals surface area contributed by atoms with Gasteiger partial charge in [-0.1, -0.05) is 19.9 Å². The van der Waals surface area contributed by atoms with Crippen molar-refractivity contribution in [3.8, 4) is 6.07 Å². The van der Waals surface area contributed by atoms with Crippen LogP contribution in [0.3, 0.4) is 0 Å². The molecule has 0 radical (unpaired) electrons. The number of hydrogen-bond donors (Lipinski definition) is 2. The van der Waals surface area contributed by atoms with Crippen molar-refractivity contribution in [2.45, 2.75) is 39.2 Å². The minimum absolute atomic E-state index is 0.126. The van der Waals surface area contributed by atoms with E-state index in [-0.39, 0.29) is 11.9 Å². The molecule has 0 fully saturated rings. The van der Waals surface area contributed by atoms with Crippen LogP contribution in [-0.4, -0.2) is 21.9 Å². The second-order valence-electron chi connectivity index (χ2n) is 6.83. The zero-order valence-electron chi connectivity index (χ0n) is 15.0. The van der Waals surface area contributed by atoms with E-state index in [1.165, 1.54) is 4.88 Å². The van der Waals surface area contributed by atoms with E-state index in [9.17, 15) is 4.79 Å². The van der Waals surface area contributed by atoms with Crippen molar-refractivity contribution in [3.63, 3.8) is 0 Å². The molecule has 0 spiro atoms. The number of benzene rings is 1. The Morgan fingerprint density at radius 1 is 1.38 bits per heavy atom. The zero-order valence-corrected chi connectivity index (χ0v) is 15.8. The fourth-order valence-electron chi connectivity index (χ4n) is 3.01. The van der Waals surface area contributed by atoms with E-state index in [0.29, 0.717) is 17.9 Å². The summed E-state index contributed by atoms with van der Waals surface area (Å²) in [5, 5.41) is 14.0. The van der Waals surface area contributed by atoms with Gasteiger partial charge in [-0.25, -0.2) is 4.98 Å². The molecule has 0 saturated heterocycles. The molecule has 2 heterocycles. The number of nitrogens with zero attached hydrogens (tertiary/aromatic N) is 2. The number of aromatic amines is 1. The molecule has 0 saturated carbocycles. The Bertz CT molecular complexity index is 921. The van der Waals surface area contributed by atoms with Crippen LogP contribution in [0.1, 0.15) is 47.7 Å². The van der Waals surface area contributed by atoms with Crippen molar-refractivity contribution in [1.29, 1.82) is 5.26 Å². The van der Waals surface area contributed by atoms with Crippen LogP contribution in [-0.2, 0) is 6.42 Å². The number of carbonyl (C=O) groups excluding carboxylic acids is 1. The predicted octanol–water partition coefficient (Wildman–Crippen LogP) is 4.27. The van der Waals surface area contributed by atoms with Gasteiger partial charge in [0.15, 0.2) is 0 Å². The summed E-state index contributed by atoms with van der Waals surface area (Å²) in [6.07, 6.45) is 1.87. The molecule has 0 aliphatic heterocycles. The number of aromatic nitrogens is 2. The lowest BCUT2D eigenvalue weighted by Crippen LogP contribution is -2.35. The van der Waals surface area contributed by atoms with Gasteiger partial charge in [-0.15, -0.1) is 11.3 Å². The Labute approximate surface area is 157 Å². The Kier molecular flexibility index (Phi) is 5.69. The van der Waals surface area contributed by atoms with Gasteiger partial charge in [0.1, 0.15) is 5.82 Å². The molecule has 1 aromatic carbocycles. The first-order valence-corrected chi connectivity index (χ1v) is 9.62. The summed E-state index contributed by atoms with van der Waals surface area (Å²) in [7, 11) is 0. The summed E-state index contributed by atoms with van der Waals surface area (Å²) in [5.74, 6) is 1.16. The van der Waals surface area contributed by atoms with Crippen molar-refractivity contribution >= 4 is 28.3 Å². The van der Waals surface area contributed by atoms with E-state index in [0.717, 1.165) is 29.7 Å². The van der Waals surface area contributed by atoms with Crippen molar-refractivity contribution < 1.29 is 4.79 Å². The Hall–Kier alpha value is -2.65. The number of fused-ring (bicyclic) bond motifs is 1. The largest absolute Gasteiger partial charge is 0.348 e. The number of hydrogen-bond acceptors (Lipinski definition) is 4. The molecular weight excluding hydrogens is 344 g/mol. The lowest BCUT2D eigenvalue weighted by atomic mass is 10.0. The first-order chi connectivity index (χ1) is 12.5. The highest BCUT2D eigenvalue weighted by molar-refractivity contribution is 7.09. The summed E-state index contributed by atoms with van der Waals surface area (Å²) in [6.45, 7) is 4.17. The van der Waals surface area contributed by atoms with Crippen LogP contribution in [0.15, 0.2) is 35.7 Å². The third-order valence-corrected chi connectivity index (χ3v) is 5.02. The molecule has 2 aromatic heterocycles. The monoisotopic (exact) mass is 366 g/mol. The molecule has 0 aliphatic carbocycles. The van der Waals surface area contributed by atoms with Crippen LogP contribution in [0.5, 0.6) is 0 Å². The van der Waals surface area contributed by atoms with Crippen LogP contribution in [0.2, 0.25) is 0 Å². The molecule has 3 rings (SSSR count). The first-order valence-electron chi connectivity index (χ1n) is 8.74. The van der Waals surface area contributed by atoms with Gasteiger partial charge in [-0.3, -0.25) is 4.79 Å². The summed E-state index contributed by atoms with van der Waals surface area (Å²) in [4.78, 5) is 21.7. The Morgan fingerprint density at radius 3 is 2.92 bits per heavy atom. The van der Waals surface area contributed by atoms with E-state index in [4.69, 9.17) is 5.26 Å². The third-order valence-electron chi connectivity index (χ3n) is 4.14. The van der Waals surface area contributed by atoms with Gasteiger partial charge in [0, 0.05) is 22.9 Å². The molecule has 0 bridgehead atoms. The number of amides is 1. The minimum Gasteiger partial charge on any atom is -0.348 e. The average molecular weight is 366 g/mol. The quantitative estimate of drug-likeness (QED) is 0.655. The number of rotatable bonds is 7. The van der Waals surface area contributed by atoms with E-state index in [2.05, 4.69) is 46.6 Å². The highest BCUT2D eigenvalue weighted by Gasteiger charge is 2.16. The smallest absolute Gasteiger partial charge is 0.251 e. The highest BCUT2D eigenvalue weighted by Crippen LogP contribution is 2.18. The molecule has 26 heavy (non-hydrogen) atoms. The molecule has 1 atom stereocenters. The normalized spacial score (nSPS) is 12.2. The zero-order chi connectivity index (χ0) is 18.5. The van der Waals surface area contributed by atoms with Crippen LogP contribution in [0, 0.1) is 17.2 Å². The fourth-order valence-corrected chi connectivity index (χ4v) is 3.72. The van der Waals surface area contributed by atoms with Gasteiger partial charge in [0.25, 0.3) is 5.91 Å². The van der Waals surface area contributed by atoms with Gasteiger partial charge < -0.3 is 10.3 Å². The number of H-pyrrole nitrogens is 1. The summed E-state index contributed by atoms with van der Waals surface area (Å²) in [5.41, 5.74) is 2.28. The average Bonchev–Trinajstić information content (AvgIpc) is 3.22. The molecule has 1 amide bonds. The fraction of sp³-hybridized carbons (Fsp3) is 0.350. The number of imidazole rings is 1.